The highest BCUT2D eigenvalue weighted by Gasteiger charge is 2.51. The van der Waals surface area contributed by atoms with Gasteiger partial charge in [-0.25, -0.2) is 4.57 Å². The Morgan fingerprint density at radius 3 is 1.38 bits per heavy atom. The molecule has 12 nitrogen and oxygen atoms in total. The van der Waals surface area contributed by atoms with Crippen LogP contribution in [0.1, 0.15) is 117 Å². The number of carbonyl (C=O) groups is 1. The van der Waals surface area contributed by atoms with E-state index >= 15 is 0 Å². The first-order chi connectivity index (χ1) is 29.0. The average molecular weight is 863 g/mol. The molecule has 6 unspecified atom stereocenters. The van der Waals surface area contributed by atoms with Crippen LogP contribution < -0.4 is 0 Å². The number of phosphoric ester groups is 1. The van der Waals surface area contributed by atoms with Crippen molar-refractivity contribution in [3.05, 3.63) is 109 Å². The Balaban J connectivity index is 2.49. The molecule has 6 atom stereocenters. The molecule has 1 aliphatic carbocycles. The predicted octanol–water partition coefficient (Wildman–Crippen LogP) is 8.52. The van der Waals surface area contributed by atoms with E-state index in [9.17, 15) is 39.8 Å². The first-order valence-corrected chi connectivity index (χ1v) is 23.2. The van der Waals surface area contributed by atoms with Gasteiger partial charge in [0.05, 0.1) is 13.2 Å². The van der Waals surface area contributed by atoms with Crippen LogP contribution in [0, 0.1) is 0 Å². The Morgan fingerprint density at radius 2 is 0.933 bits per heavy atom. The summed E-state index contributed by atoms with van der Waals surface area (Å²) in [7, 11) is -5.05. The molecule has 340 valence electrons. The average Bonchev–Trinajstić information content (AvgIpc) is 3.23. The van der Waals surface area contributed by atoms with Crippen molar-refractivity contribution in [2.24, 2.45) is 0 Å². The first kappa shape index (κ1) is 55.0. The summed E-state index contributed by atoms with van der Waals surface area (Å²) in [5, 5.41) is 50.1. The van der Waals surface area contributed by atoms with Crippen molar-refractivity contribution >= 4 is 13.8 Å². The van der Waals surface area contributed by atoms with Crippen LogP contribution in [-0.4, -0.2) is 98.9 Å². The molecule has 0 aromatic heterocycles. The van der Waals surface area contributed by atoms with E-state index in [1.807, 2.05) is 0 Å². The molecule has 1 saturated carbocycles. The second-order valence-corrected chi connectivity index (χ2v) is 15.8. The second-order valence-electron chi connectivity index (χ2n) is 14.4. The Hall–Kier alpha value is -3.00. The van der Waals surface area contributed by atoms with E-state index in [4.69, 9.17) is 18.5 Å². The molecule has 1 fully saturated rings. The van der Waals surface area contributed by atoms with Crippen LogP contribution in [-0.2, 0) is 27.9 Å². The molecule has 0 radical (unpaired) electrons. The lowest BCUT2D eigenvalue weighted by Crippen LogP contribution is -2.64. The third-order valence-corrected chi connectivity index (χ3v) is 10.1. The highest BCUT2D eigenvalue weighted by atomic mass is 31.2. The van der Waals surface area contributed by atoms with E-state index in [-0.39, 0.29) is 13.0 Å². The van der Waals surface area contributed by atoms with Gasteiger partial charge in [0.1, 0.15) is 42.7 Å². The van der Waals surface area contributed by atoms with Crippen LogP contribution >= 0.6 is 7.82 Å². The number of phosphoric acid groups is 1. The van der Waals surface area contributed by atoms with Crippen molar-refractivity contribution in [1.29, 1.82) is 0 Å². The van der Waals surface area contributed by atoms with E-state index < -0.39 is 63.1 Å². The van der Waals surface area contributed by atoms with Crippen molar-refractivity contribution in [3.63, 3.8) is 0 Å². The first-order valence-electron chi connectivity index (χ1n) is 21.7. The molecule has 0 bridgehead atoms. The van der Waals surface area contributed by atoms with Crippen LogP contribution in [0.15, 0.2) is 109 Å². The van der Waals surface area contributed by atoms with Crippen molar-refractivity contribution in [2.45, 2.75) is 159 Å². The lowest BCUT2D eigenvalue weighted by Gasteiger charge is -2.41. The van der Waals surface area contributed by atoms with Crippen LogP contribution in [0.25, 0.3) is 0 Å². The molecule has 0 heterocycles. The second kappa shape index (κ2) is 36.6. The molecule has 0 spiro atoms. The number of rotatable bonds is 34. The lowest BCUT2D eigenvalue weighted by molar-refractivity contribution is -0.220. The standard InChI is InChI=1S/C47H75O12P/c1-3-5-7-9-11-13-15-17-18-19-20-21-22-23-25-27-29-31-33-35-37-56-38-40(39-57-60(54,55)59-47-45(52)43(50)42(49)44(51)46(47)53)58-41(48)36-34-32-30-28-26-24-16-14-12-10-8-6-4-2/h5-8,11-14,17-18,20-21,23-26,29,31,40,42-47,49-53H,3-4,9-10,15-16,19,22,27-28,30,32-39H2,1-2H3,(H,54,55)/b7-5-,8-6-,13-11-,14-12-,18-17-,21-20-,25-23-,26-24-,31-29-. The number of aliphatic hydroxyl groups excluding tert-OH is 5. The van der Waals surface area contributed by atoms with Crippen LogP contribution in [0.2, 0.25) is 0 Å². The van der Waals surface area contributed by atoms with Crippen molar-refractivity contribution < 1.29 is 58.3 Å². The lowest BCUT2D eigenvalue weighted by atomic mass is 9.85. The fourth-order valence-electron chi connectivity index (χ4n) is 5.74. The number of hydrogen-bond acceptors (Lipinski definition) is 11. The van der Waals surface area contributed by atoms with E-state index in [1.165, 1.54) is 0 Å². The number of aliphatic hydroxyl groups is 5. The minimum atomic E-state index is -5.05. The number of allylic oxidation sites excluding steroid dienone is 18. The van der Waals surface area contributed by atoms with Crippen molar-refractivity contribution in [3.8, 4) is 0 Å². The third-order valence-electron chi connectivity index (χ3n) is 9.14. The molecule has 6 N–H and O–H groups in total. The molecular formula is C47H75O12P. The highest BCUT2D eigenvalue weighted by Crippen LogP contribution is 2.47. The smallest absolute Gasteiger partial charge is 0.457 e. The van der Waals surface area contributed by atoms with Gasteiger partial charge in [-0.1, -0.05) is 130 Å². The van der Waals surface area contributed by atoms with Crippen LogP contribution in [0.5, 0.6) is 0 Å². The van der Waals surface area contributed by atoms with E-state index in [0.717, 1.165) is 83.5 Å². The van der Waals surface area contributed by atoms with E-state index in [0.29, 0.717) is 19.4 Å². The summed E-state index contributed by atoms with van der Waals surface area (Å²) in [5.41, 5.74) is 0. The zero-order valence-electron chi connectivity index (χ0n) is 35.9. The molecular weight excluding hydrogens is 787 g/mol. The van der Waals surface area contributed by atoms with Crippen molar-refractivity contribution in [2.75, 3.05) is 19.8 Å². The molecule has 0 aromatic rings. The summed E-state index contributed by atoms with van der Waals surface area (Å²) in [4.78, 5) is 23.1. The van der Waals surface area contributed by atoms with Gasteiger partial charge in [0, 0.05) is 13.0 Å². The summed E-state index contributed by atoms with van der Waals surface area (Å²) in [6.07, 6.45) is 38.9. The minimum absolute atomic E-state index is 0.128. The maximum Gasteiger partial charge on any atom is 0.472 e. The predicted molar refractivity (Wildman–Crippen MR) is 239 cm³/mol. The zero-order chi connectivity index (χ0) is 44.1. The van der Waals surface area contributed by atoms with Crippen LogP contribution in [0.3, 0.4) is 0 Å². The van der Waals surface area contributed by atoms with E-state index in [1.54, 1.807) is 0 Å². The molecule has 0 aromatic carbocycles. The molecule has 1 rings (SSSR count). The molecule has 13 heteroatoms. The maximum atomic E-state index is 12.8. The van der Waals surface area contributed by atoms with Crippen molar-refractivity contribution in [1.82, 2.24) is 0 Å². The maximum absolute atomic E-state index is 12.8. The summed E-state index contributed by atoms with van der Waals surface area (Å²) in [5.74, 6) is -0.532. The van der Waals surface area contributed by atoms with Gasteiger partial charge >= 0.3 is 13.8 Å². The van der Waals surface area contributed by atoms with Gasteiger partial charge in [-0.15, -0.1) is 0 Å². The van der Waals surface area contributed by atoms with Gasteiger partial charge < -0.3 is 39.9 Å². The SMILES string of the molecule is CC/C=C\C/C=C\C/C=C\C/C=C\C/C=C\C/C=C\CCCOCC(COP(=O)(O)OC1C(O)C(O)C(O)C(O)C1O)OC(=O)CCCCC/C=C\C/C=C\C/C=C\CC. The Bertz CT molecular complexity index is 1400. The zero-order valence-corrected chi connectivity index (χ0v) is 36.8. The monoisotopic (exact) mass is 862 g/mol. The Morgan fingerprint density at radius 1 is 0.533 bits per heavy atom. The van der Waals surface area contributed by atoms with Gasteiger partial charge in [0.25, 0.3) is 0 Å². The quantitative estimate of drug-likeness (QED) is 0.0157. The number of ether oxygens (including phenoxy) is 2. The highest BCUT2D eigenvalue weighted by molar-refractivity contribution is 7.47. The van der Waals surface area contributed by atoms with Gasteiger partial charge in [-0.05, 0) is 89.9 Å². The summed E-state index contributed by atoms with van der Waals surface area (Å²) in [6, 6.07) is 0. The fourth-order valence-corrected chi connectivity index (χ4v) is 6.71. The molecule has 0 aliphatic heterocycles. The largest absolute Gasteiger partial charge is 0.472 e. The fraction of sp³-hybridized carbons (Fsp3) is 0.596. The Labute approximate surface area is 359 Å². The number of hydrogen-bond donors (Lipinski definition) is 6. The number of esters is 1. The summed E-state index contributed by atoms with van der Waals surface area (Å²) in [6.45, 7) is 3.81. The Kier molecular flexibility index (Phi) is 33.6. The normalized spacial score (nSPS) is 23.4. The molecule has 1 aliphatic rings. The van der Waals surface area contributed by atoms with Gasteiger partial charge in [0.15, 0.2) is 0 Å². The number of carbonyl (C=O) groups excluding carboxylic acids is 1. The molecule has 0 amide bonds. The molecule has 60 heavy (non-hydrogen) atoms. The van der Waals surface area contributed by atoms with Gasteiger partial charge in [0.2, 0.25) is 0 Å². The van der Waals surface area contributed by atoms with E-state index in [2.05, 4.69) is 123 Å². The minimum Gasteiger partial charge on any atom is -0.457 e. The number of unbranched alkanes of at least 4 members (excludes halogenated alkanes) is 4. The topological polar surface area (TPSA) is 192 Å². The third kappa shape index (κ3) is 28.5. The van der Waals surface area contributed by atoms with Gasteiger partial charge in [-0.3, -0.25) is 13.8 Å². The molecule has 0 saturated heterocycles. The van der Waals surface area contributed by atoms with Crippen LogP contribution in [0.4, 0.5) is 0 Å². The summed E-state index contributed by atoms with van der Waals surface area (Å²) >= 11 is 0. The van der Waals surface area contributed by atoms with Gasteiger partial charge in [-0.2, -0.15) is 0 Å². The summed E-state index contributed by atoms with van der Waals surface area (Å²) < 4.78 is 34.0.